The van der Waals surface area contributed by atoms with Gasteiger partial charge in [-0.1, -0.05) is 42.1 Å². The molecule has 0 spiro atoms. The maximum absolute atomic E-state index is 13.7. The molecule has 0 aliphatic carbocycles. The fourth-order valence-electron chi connectivity index (χ4n) is 2.92. The molecule has 0 saturated heterocycles. The molecule has 0 aliphatic rings. The number of para-hydroxylation sites is 2. The number of thioether (sulfide) groups is 1. The first kappa shape index (κ1) is 19.1. The van der Waals surface area contributed by atoms with Crippen LogP contribution in [0, 0.1) is 5.82 Å². The number of hydrogen-bond donors (Lipinski definition) is 0. The van der Waals surface area contributed by atoms with Crippen LogP contribution in [-0.2, 0) is 6.54 Å². The van der Waals surface area contributed by atoms with E-state index >= 15 is 0 Å². The first-order valence-electron chi connectivity index (χ1n) is 9.11. The largest absolute Gasteiger partial charge is 0.490 e. The third-order valence-electron chi connectivity index (χ3n) is 4.30. The van der Waals surface area contributed by atoms with Crippen molar-refractivity contribution < 1.29 is 9.13 Å². The van der Waals surface area contributed by atoms with Crippen molar-refractivity contribution in [2.75, 3.05) is 12.4 Å². The average Bonchev–Trinajstić information content (AvgIpc) is 2.75. The van der Waals surface area contributed by atoms with Crippen LogP contribution in [0.3, 0.4) is 0 Å². The second kappa shape index (κ2) is 8.87. The quantitative estimate of drug-likeness (QED) is 0.262. The molecule has 2 heterocycles. The highest BCUT2D eigenvalue weighted by Gasteiger charge is 2.12. The van der Waals surface area contributed by atoms with Crippen LogP contribution in [0.2, 0.25) is 0 Å². The lowest BCUT2D eigenvalue weighted by molar-refractivity contribution is 0.324. The van der Waals surface area contributed by atoms with E-state index in [1.807, 2.05) is 30.3 Å². The summed E-state index contributed by atoms with van der Waals surface area (Å²) in [5.41, 5.74) is 1.46. The predicted octanol–water partition coefficient (Wildman–Crippen LogP) is 4.15. The van der Waals surface area contributed by atoms with E-state index in [1.54, 1.807) is 41.2 Å². The maximum atomic E-state index is 13.7. The van der Waals surface area contributed by atoms with Crippen molar-refractivity contribution in [3.05, 3.63) is 94.8 Å². The summed E-state index contributed by atoms with van der Waals surface area (Å²) in [6.07, 6.45) is 3.43. The Bertz CT molecular complexity index is 1180. The minimum absolute atomic E-state index is 0.100. The summed E-state index contributed by atoms with van der Waals surface area (Å²) in [5.74, 6) is 0.341. The molecule has 0 amide bonds. The molecule has 0 bridgehead atoms. The fourth-order valence-corrected chi connectivity index (χ4v) is 3.73. The molecule has 0 fully saturated rings. The number of benzene rings is 2. The van der Waals surface area contributed by atoms with Gasteiger partial charge in [0.05, 0.1) is 24.1 Å². The SMILES string of the molecule is O=c1c2ccccc2nc(SCCOc2ccccc2F)n1Cc1cccnc1. The van der Waals surface area contributed by atoms with Crippen LogP contribution in [0.25, 0.3) is 10.9 Å². The van der Waals surface area contributed by atoms with Crippen LogP contribution in [0.15, 0.2) is 83.0 Å². The summed E-state index contributed by atoms with van der Waals surface area (Å²) in [4.78, 5) is 21.9. The summed E-state index contributed by atoms with van der Waals surface area (Å²) in [6.45, 7) is 0.669. The monoisotopic (exact) mass is 407 g/mol. The van der Waals surface area contributed by atoms with Gasteiger partial charge in [0.15, 0.2) is 16.7 Å². The van der Waals surface area contributed by atoms with Crippen LogP contribution in [0.4, 0.5) is 4.39 Å². The Morgan fingerprint density at radius 3 is 2.69 bits per heavy atom. The number of pyridine rings is 1. The number of ether oxygens (including phenoxy) is 1. The lowest BCUT2D eigenvalue weighted by Gasteiger charge is -2.13. The van der Waals surface area contributed by atoms with E-state index in [0.29, 0.717) is 35.0 Å². The van der Waals surface area contributed by atoms with Gasteiger partial charge in [-0.15, -0.1) is 0 Å². The van der Waals surface area contributed by atoms with Crippen LogP contribution >= 0.6 is 11.8 Å². The molecule has 0 atom stereocenters. The van der Waals surface area contributed by atoms with Crippen LogP contribution < -0.4 is 10.3 Å². The number of aromatic nitrogens is 3. The zero-order valence-corrected chi connectivity index (χ0v) is 16.3. The highest BCUT2D eigenvalue weighted by molar-refractivity contribution is 7.99. The first-order valence-corrected chi connectivity index (χ1v) is 10.1. The van der Waals surface area contributed by atoms with Crippen molar-refractivity contribution in [1.82, 2.24) is 14.5 Å². The van der Waals surface area contributed by atoms with Crippen LogP contribution in [-0.4, -0.2) is 26.9 Å². The molecule has 29 heavy (non-hydrogen) atoms. The van der Waals surface area contributed by atoms with Gasteiger partial charge in [0, 0.05) is 18.1 Å². The van der Waals surface area contributed by atoms with Crippen molar-refractivity contribution in [2.24, 2.45) is 0 Å². The van der Waals surface area contributed by atoms with Crippen molar-refractivity contribution in [3.8, 4) is 5.75 Å². The summed E-state index contributed by atoms with van der Waals surface area (Å²) >= 11 is 1.40. The molecule has 0 aliphatic heterocycles. The van der Waals surface area contributed by atoms with E-state index in [-0.39, 0.29) is 11.3 Å². The third-order valence-corrected chi connectivity index (χ3v) is 5.24. The summed E-state index contributed by atoms with van der Waals surface area (Å²) in [5, 5.41) is 1.16. The highest BCUT2D eigenvalue weighted by atomic mass is 32.2. The second-order valence-corrected chi connectivity index (χ2v) is 7.35. The maximum Gasteiger partial charge on any atom is 0.262 e. The Morgan fingerprint density at radius 2 is 1.86 bits per heavy atom. The Kier molecular flexibility index (Phi) is 5.86. The normalized spacial score (nSPS) is 10.9. The third kappa shape index (κ3) is 4.46. The van der Waals surface area contributed by atoms with Crippen LogP contribution in [0.5, 0.6) is 5.75 Å². The van der Waals surface area contributed by atoms with Crippen molar-refractivity contribution >= 4 is 22.7 Å². The minimum Gasteiger partial charge on any atom is -0.490 e. The number of hydrogen-bond acceptors (Lipinski definition) is 5. The fraction of sp³-hybridized carbons (Fsp3) is 0.136. The van der Waals surface area contributed by atoms with Gasteiger partial charge < -0.3 is 4.74 Å². The van der Waals surface area contributed by atoms with E-state index in [1.165, 1.54) is 17.8 Å². The van der Waals surface area contributed by atoms with Crippen LogP contribution in [0.1, 0.15) is 5.56 Å². The van der Waals surface area contributed by atoms with E-state index < -0.39 is 5.82 Å². The van der Waals surface area contributed by atoms with E-state index in [9.17, 15) is 9.18 Å². The summed E-state index contributed by atoms with van der Waals surface area (Å²) in [7, 11) is 0. The summed E-state index contributed by atoms with van der Waals surface area (Å²) in [6, 6.07) is 17.3. The molecule has 4 rings (SSSR count). The Labute approximate surface area is 171 Å². The van der Waals surface area contributed by atoms with Gasteiger partial charge >= 0.3 is 0 Å². The van der Waals surface area contributed by atoms with Gasteiger partial charge in [0.25, 0.3) is 5.56 Å². The van der Waals surface area contributed by atoms with E-state index in [4.69, 9.17) is 4.74 Å². The molecular formula is C22H18FN3O2S. The molecular weight excluding hydrogens is 389 g/mol. The van der Waals surface area contributed by atoms with E-state index in [2.05, 4.69) is 9.97 Å². The van der Waals surface area contributed by atoms with Gasteiger partial charge in [-0.2, -0.15) is 0 Å². The molecule has 4 aromatic rings. The molecule has 0 saturated carbocycles. The lowest BCUT2D eigenvalue weighted by Crippen LogP contribution is -2.24. The molecule has 0 radical (unpaired) electrons. The smallest absolute Gasteiger partial charge is 0.262 e. The zero-order valence-electron chi connectivity index (χ0n) is 15.5. The zero-order chi connectivity index (χ0) is 20.1. The first-order chi connectivity index (χ1) is 14.2. The number of rotatable bonds is 7. The number of nitrogens with zero attached hydrogens (tertiary/aromatic N) is 3. The van der Waals surface area contributed by atoms with Gasteiger partial charge in [-0.05, 0) is 35.9 Å². The van der Waals surface area contributed by atoms with Gasteiger partial charge in [-0.25, -0.2) is 9.37 Å². The highest BCUT2D eigenvalue weighted by Crippen LogP contribution is 2.20. The summed E-state index contributed by atoms with van der Waals surface area (Å²) < 4.78 is 20.8. The standard InChI is InChI=1S/C22H18FN3O2S/c23-18-8-2-4-10-20(18)28-12-13-29-22-25-19-9-3-1-7-17(19)21(27)26(22)15-16-6-5-11-24-14-16/h1-11,14H,12-13,15H2. The number of fused-ring (bicyclic) bond motifs is 1. The molecule has 7 heteroatoms. The molecule has 5 nitrogen and oxygen atoms in total. The van der Waals surface area contributed by atoms with Crippen molar-refractivity contribution in [2.45, 2.75) is 11.7 Å². The Balaban J connectivity index is 1.57. The van der Waals surface area contributed by atoms with Gasteiger partial charge in [0.2, 0.25) is 0 Å². The Morgan fingerprint density at radius 1 is 1.03 bits per heavy atom. The lowest BCUT2D eigenvalue weighted by atomic mass is 10.2. The van der Waals surface area contributed by atoms with Gasteiger partial charge in [0.1, 0.15) is 0 Å². The predicted molar refractivity (Wildman–Crippen MR) is 112 cm³/mol. The molecule has 0 N–H and O–H groups in total. The second-order valence-electron chi connectivity index (χ2n) is 6.29. The molecule has 146 valence electrons. The molecule has 2 aromatic carbocycles. The number of halogens is 1. The van der Waals surface area contributed by atoms with E-state index in [0.717, 1.165) is 5.56 Å². The molecule has 2 aromatic heterocycles. The average molecular weight is 407 g/mol. The van der Waals surface area contributed by atoms with Crippen molar-refractivity contribution in [1.29, 1.82) is 0 Å². The Hall–Kier alpha value is -3.19. The van der Waals surface area contributed by atoms with Gasteiger partial charge in [-0.3, -0.25) is 14.3 Å². The molecule has 0 unspecified atom stereocenters. The minimum atomic E-state index is -0.394. The van der Waals surface area contributed by atoms with Crippen molar-refractivity contribution in [3.63, 3.8) is 0 Å². The topological polar surface area (TPSA) is 57.0 Å².